The number of aryl methyl sites for hydroxylation is 1. The van der Waals surface area contributed by atoms with Gasteiger partial charge in [-0.1, -0.05) is 6.07 Å². The molecule has 3 aliphatic rings. The van der Waals surface area contributed by atoms with E-state index in [9.17, 15) is 9.90 Å². The van der Waals surface area contributed by atoms with Crippen LogP contribution in [0.25, 0.3) is 22.0 Å². The van der Waals surface area contributed by atoms with Crippen LogP contribution in [0.1, 0.15) is 51.5 Å². The summed E-state index contributed by atoms with van der Waals surface area (Å²) in [6, 6.07) is 7.90. The van der Waals surface area contributed by atoms with Crippen LogP contribution in [0.15, 0.2) is 41.5 Å². The Balaban J connectivity index is 1.17. The van der Waals surface area contributed by atoms with Gasteiger partial charge in [0.2, 0.25) is 0 Å². The van der Waals surface area contributed by atoms with Crippen molar-refractivity contribution >= 4 is 10.9 Å². The Morgan fingerprint density at radius 2 is 1.89 bits per heavy atom. The van der Waals surface area contributed by atoms with Gasteiger partial charge in [-0.3, -0.25) is 4.79 Å². The minimum atomic E-state index is -0.977. The summed E-state index contributed by atoms with van der Waals surface area (Å²) in [5.41, 5.74) is 2.65. The average molecular weight is 505 g/mol. The van der Waals surface area contributed by atoms with Crippen molar-refractivity contribution in [1.29, 1.82) is 0 Å². The van der Waals surface area contributed by atoms with Crippen molar-refractivity contribution in [2.75, 3.05) is 32.7 Å². The molecule has 37 heavy (non-hydrogen) atoms. The normalized spacial score (nSPS) is 20.8. The van der Waals surface area contributed by atoms with Gasteiger partial charge in [-0.05, 0) is 95.3 Å². The summed E-state index contributed by atoms with van der Waals surface area (Å²) in [5.74, 6) is 1.71. The van der Waals surface area contributed by atoms with Crippen LogP contribution in [-0.4, -0.2) is 58.4 Å². The summed E-state index contributed by atoms with van der Waals surface area (Å²) < 4.78 is 8.23. The molecule has 0 amide bonds. The van der Waals surface area contributed by atoms with Gasteiger partial charge in [0.25, 0.3) is 5.56 Å². The molecule has 2 saturated heterocycles. The number of pyridine rings is 1. The first-order chi connectivity index (χ1) is 17.7. The molecule has 198 valence electrons. The number of hydrogen-bond acceptors (Lipinski definition) is 5. The van der Waals surface area contributed by atoms with Crippen molar-refractivity contribution in [3.8, 4) is 16.9 Å². The molecule has 1 aliphatic carbocycles. The number of fused-ring (bicyclic) bond motifs is 1. The Morgan fingerprint density at radius 1 is 1.14 bits per heavy atom. The summed E-state index contributed by atoms with van der Waals surface area (Å²) >= 11 is 0. The highest BCUT2D eigenvalue weighted by molar-refractivity contribution is 5.96. The molecule has 4 heterocycles. The third kappa shape index (κ3) is 4.73. The number of piperidine rings is 1. The fourth-order valence-electron chi connectivity index (χ4n) is 6.73. The van der Waals surface area contributed by atoms with E-state index in [1.807, 2.05) is 30.5 Å². The second kappa shape index (κ2) is 9.29. The number of aromatic nitrogens is 2. The lowest BCUT2D eigenvalue weighted by atomic mass is 9.61. The highest BCUT2D eigenvalue weighted by Gasteiger charge is 2.53. The molecule has 1 saturated carbocycles. The maximum atomic E-state index is 12.6. The van der Waals surface area contributed by atoms with Crippen molar-refractivity contribution in [1.82, 2.24) is 19.8 Å². The van der Waals surface area contributed by atoms with Crippen LogP contribution in [0.2, 0.25) is 0 Å². The van der Waals surface area contributed by atoms with Crippen LogP contribution in [-0.2, 0) is 12.6 Å². The smallest absolute Gasteiger partial charge is 0.274 e. The lowest BCUT2D eigenvalue weighted by Crippen LogP contribution is -2.64. The molecule has 3 N–H and O–H groups in total. The Hall–Kier alpha value is -2.61. The van der Waals surface area contributed by atoms with Gasteiger partial charge in [-0.15, -0.1) is 0 Å². The summed E-state index contributed by atoms with van der Waals surface area (Å²) in [7, 11) is 1.77. The molecule has 0 atom stereocenters. The van der Waals surface area contributed by atoms with Crippen LogP contribution in [0.4, 0.5) is 0 Å². The number of hydrogen-bond donors (Lipinski definition) is 3. The molecule has 2 aliphatic heterocycles. The van der Waals surface area contributed by atoms with Crippen molar-refractivity contribution < 1.29 is 9.84 Å². The maximum Gasteiger partial charge on any atom is 0.274 e. The van der Waals surface area contributed by atoms with Crippen molar-refractivity contribution in [2.45, 2.75) is 57.7 Å². The molecule has 2 aromatic heterocycles. The Bertz CT molecular complexity index is 1330. The van der Waals surface area contributed by atoms with Gasteiger partial charge >= 0.3 is 0 Å². The number of aromatic amines is 1. The van der Waals surface area contributed by atoms with Crippen LogP contribution >= 0.6 is 0 Å². The molecule has 3 fully saturated rings. The topological polar surface area (TPSA) is 82.5 Å². The minimum Gasteiger partial charge on any atom is -0.490 e. The van der Waals surface area contributed by atoms with Crippen LogP contribution in [0, 0.1) is 11.3 Å². The largest absolute Gasteiger partial charge is 0.490 e. The molecule has 3 aromatic rings. The van der Waals surface area contributed by atoms with Crippen LogP contribution < -0.4 is 15.6 Å². The predicted molar refractivity (Wildman–Crippen MR) is 147 cm³/mol. The fourth-order valence-corrected chi connectivity index (χ4v) is 6.73. The molecule has 0 bridgehead atoms. The van der Waals surface area contributed by atoms with Gasteiger partial charge in [-0.2, -0.15) is 0 Å². The van der Waals surface area contributed by atoms with Gasteiger partial charge in [-0.25, -0.2) is 0 Å². The first kappa shape index (κ1) is 24.7. The van der Waals surface area contributed by atoms with E-state index >= 15 is 0 Å². The monoisotopic (exact) mass is 504 g/mol. The van der Waals surface area contributed by atoms with E-state index in [1.165, 1.54) is 52.0 Å². The first-order valence-electron chi connectivity index (χ1n) is 13.8. The number of nitrogens with zero attached hydrogens (tertiary/aromatic N) is 2. The SMILES string of the molecule is Cn1cc(-c2cc(C(C)(C)O)ccc2OC2CC3(C2)CN(CCC2CCNCC2)C3)c2cc[nH]c2c1=O. The van der Waals surface area contributed by atoms with Crippen molar-refractivity contribution in [3.05, 3.63) is 52.6 Å². The molecule has 1 aromatic carbocycles. The van der Waals surface area contributed by atoms with E-state index in [0.29, 0.717) is 10.9 Å². The Labute approximate surface area is 218 Å². The third-order valence-corrected chi connectivity index (χ3v) is 8.92. The lowest BCUT2D eigenvalue weighted by molar-refractivity contribution is -0.120. The van der Waals surface area contributed by atoms with E-state index in [1.54, 1.807) is 31.7 Å². The van der Waals surface area contributed by atoms with Crippen molar-refractivity contribution in [3.63, 3.8) is 0 Å². The summed E-state index contributed by atoms with van der Waals surface area (Å²) in [5, 5.41) is 15.0. The molecule has 0 radical (unpaired) electrons. The number of rotatable bonds is 7. The number of ether oxygens (including phenoxy) is 1. The third-order valence-electron chi connectivity index (χ3n) is 8.92. The molecule has 6 rings (SSSR count). The highest BCUT2D eigenvalue weighted by atomic mass is 16.5. The van der Waals surface area contributed by atoms with Crippen LogP contribution in [0.3, 0.4) is 0 Å². The second-order valence-corrected chi connectivity index (χ2v) is 12.3. The summed E-state index contributed by atoms with van der Waals surface area (Å²) in [4.78, 5) is 18.4. The van der Waals surface area contributed by atoms with Gasteiger partial charge in [0.15, 0.2) is 0 Å². The molecular formula is C30H40N4O3. The fraction of sp³-hybridized carbons (Fsp3) is 0.567. The second-order valence-electron chi connectivity index (χ2n) is 12.3. The number of aliphatic hydroxyl groups is 1. The number of H-pyrrole nitrogens is 1. The van der Waals surface area contributed by atoms with Crippen molar-refractivity contribution in [2.24, 2.45) is 18.4 Å². The zero-order valence-corrected chi connectivity index (χ0v) is 22.3. The van der Waals surface area contributed by atoms with E-state index in [-0.39, 0.29) is 11.7 Å². The number of nitrogens with one attached hydrogen (secondary N) is 2. The molecule has 0 unspecified atom stereocenters. The minimum absolute atomic E-state index is 0.0551. The quantitative estimate of drug-likeness (QED) is 0.453. The molecular weight excluding hydrogens is 464 g/mol. The van der Waals surface area contributed by atoms with E-state index in [0.717, 1.165) is 46.6 Å². The van der Waals surface area contributed by atoms with Gasteiger partial charge in [0.05, 0.1) is 11.7 Å². The zero-order valence-electron chi connectivity index (χ0n) is 22.3. The maximum absolute atomic E-state index is 12.6. The van der Waals surface area contributed by atoms with Crippen LogP contribution in [0.5, 0.6) is 5.75 Å². The first-order valence-corrected chi connectivity index (χ1v) is 13.8. The highest BCUT2D eigenvalue weighted by Crippen LogP contribution is 2.50. The standard InChI is InChI=1S/C30H40N4O3/c1-29(2,36)21-4-5-26(24(14-21)25-17-33(3)28(35)27-23(25)8-12-32-27)37-22-15-30(16-22)18-34(19-30)13-9-20-6-10-31-11-7-20/h4-5,8,12,14,17,20,22,31-32,36H,6-7,9-11,13,15-16,18-19H2,1-3H3. The Kier molecular flexibility index (Phi) is 6.21. The van der Waals surface area contributed by atoms with Gasteiger partial charge in [0.1, 0.15) is 11.3 Å². The van der Waals surface area contributed by atoms with Gasteiger partial charge < -0.3 is 29.6 Å². The molecule has 7 heteroatoms. The predicted octanol–water partition coefficient (Wildman–Crippen LogP) is 3.99. The number of benzene rings is 1. The Morgan fingerprint density at radius 3 is 2.62 bits per heavy atom. The molecule has 1 spiro atoms. The van der Waals surface area contributed by atoms with E-state index in [2.05, 4.69) is 15.2 Å². The lowest BCUT2D eigenvalue weighted by Gasteiger charge is -2.59. The summed E-state index contributed by atoms with van der Waals surface area (Å²) in [6.07, 6.45) is 10.1. The number of likely N-dealkylation sites (tertiary alicyclic amines) is 1. The van der Waals surface area contributed by atoms with Gasteiger partial charge in [0, 0.05) is 54.5 Å². The summed E-state index contributed by atoms with van der Waals surface area (Å²) in [6.45, 7) is 9.59. The van der Waals surface area contributed by atoms with E-state index in [4.69, 9.17) is 4.74 Å². The zero-order chi connectivity index (χ0) is 25.8. The molecule has 7 nitrogen and oxygen atoms in total. The van der Waals surface area contributed by atoms with E-state index < -0.39 is 5.60 Å². The average Bonchev–Trinajstić information content (AvgIpc) is 3.32.